The maximum Gasteiger partial charge on any atom is 0.270 e. The molecule has 2 aromatic rings. The van der Waals surface area contributed by atoms with Crippen molar-refractivity contribution < 1.29 is 14.8 Å². The van der Waals surface area contributed by atoms with E-state index in [0.29, 0.717) is 13.1 Å². The van der Waals surface area contributed by atoms with Crippen molar-refractivity contribution in [2.24, 2.45) is 5.92 Å². The summed E-state index contributed by atoms with van der Waals surface area (Å²) in [6, 6.07) is 4.62. The zero-order valence-electron chi connectivity index (χ0n) is 13.6. The molecule has 2 N–H and O–H groups in total. The second kappa shape index (κ2) is 6.60. The maximum atomic E-state index is 12.5. The zero-order chi connectivity index (χ0) is 17.3. The number of non-ortho nitro benzene ring substituents is 1. The van der Waals surface area contributed by atoms with Crippen molar-refractivity contribution in [1.29, 1.82) is 0 Å². The van der Waals surface area contributed by atoms with Crippen LogP contribution in [0.15, 0.2) is 24.4 Å². The van der Waals surface area contributed by atoms with Gasteiger partial charge in [0.25, 0.3) is 5.69 Å². The number of carbonyl (C=O) groups is 1. The fraction of sp³-hybridized carbons (Fsp3) is 0.471. The molecule has 128 valence electrons. The molecule has 0 saturated carbocycles. The normalized spacial score (nSPS) is 17.2. The monoisotopic (exact) mass is 331 g/mol. The Hall–Kier alpha value is -2.41. The molecule has 1 saturated heterocycles. The number of aromatic nitrogens is 1. The van der Waals surface area contributed by atoms with Gasteiger partial charge in [0.1, 0.15) is 0 Å². The first-order chi connectivity index (χ1) is 11.5. The highest BCUT2D eigenvalue weighted by Crippen LogP contribution is 2.25. The highest BCUT2D eigenvalue weighted by molar-refractivity contribution is 5.90. The van der Waals surface area contributed by atoms with Gasteiger partial charge in [-0.1, -0.05) is 0 Å². The molecular formula is C17H21N3O4. The minimum atomic E-state index is -0.432. The lowest BCUT2D eigenvalue weighted by Crippen LogP contribution is -2.41. The first kappa shape index (κ1) is 16.4. The molecule has 1 aromatic heterocycles. The van der Waals surface area contributed by atoms with E-state index in [0.717, 1.165) is 29.3 Å². The molecule has 0 spiro atoms. The summed E-state index contributed by atoms with van der Waals surface area (Å²) in [4.78, 5) is 27.9. The first-order valence-electron chi connectivity index (χ1n) is 8.16. The van der Waals surface area contributed by atoms with Crippen molar-refractivity contribution in [3.8, 4) is 0 Å². The summed E-state index contributed by atoms with van der Waals surface area (Å²) in [7, 11) is 0. The average molecular weight is 331 g/mol. The van der Waals surface area contributed by atoms with Gasteiger partial charge < -0.3 is 15.0 Å². The highest BCUT2D eigenvalue weighted by atomic mass is 16.6. The fourth-order valence-electron chi connectivity index (χ4n) is 3.33. The number of carbonyl (C=O) groups excluding carboxylic acids is 1. The van der Waals surface area contributed by atoms with Crippen molar-refractivity contribution in [2.45, 2.75) is 32.3 Å². The Balaban J connectivity index is 1.72. The van der Waals surface area contributed by atoms with E-state index in [1.54, 1.807) is 19.2 Å². The van der Waals surface area contributed by atoms with E-state index >= 15 is 0 Å². The number of nitrogens with zero attached hydrogens (tertiary/aromatic N) is 2. The fourth-order valence-corrected chi connectivity index (χ4v) is 3.33. The number of aromatic amines is 1. The van der Waals surface area contributed by atoms with E-state index in [1.165, 1.54) is 12.1 Å². The molecular weight excluding hydrogens is 310 g/mol. The van der Waals surface area contributed by atoms with Crippen LogP contribution >= 0.6 is 0 Å². The Morgan fingerprint density at radius 3 is 2.79 bits per heavy atom. The molecule has 0 radical (unpaired) electrons. The van der Waals surface area contributed by atoms with Gasteiger partial charge in [0.2, 0.25) is 5.91 Å². The van der Waals surface area contributed by atoms with Crippen molar-refractivity contribution in [2.75, 3.05) is 13.1 Å². The van der Waals surface area contributed by atoms with Gasteiger partial charge in [0, 0.05) is 42.3 Å². The molecule has 24 heavy (non-hydrogen) atoms. The lowest BCUT2D eigenvalue weighted by molar-refractivity contribution is -0.384. The number of hydrogen-bond donors (Lipinski definition) is 2. The number of nitrogens with one attached hydrogen (secondary N) is 1. The third kappa shape index (κ3) is 3.26. The maximum absolute atomic E-state index is 12.5. The molecule has 7 heteroatoms. The molecule has 1 amide bonds. The number of fused-ring (bicyclic) bond motifs is 1. The van der Waals surface area contributed by atoms with Crippen molar-refractivity contribution in [3.05, 3.63) is 40.1 Å². The summed E-state index contributed by atoms with van der Waals surface area (Å²) in [5.74, 6) is 0.274. The molecule has 1 atom stereocenters. The van der Waals surface area contributed by atoms with Crippen LogP contribution in [-0.4, -0.2) is 45.0 Å². The lowest BCUT2D eigenvalue weighted by atomic mass is 9.92. The zero-order valence-corrected chi connectivity index (χ0v) is 13.6. The van der Waals surface area contributed by atoms with Crippen molar-refractivity contribution >= 4 is 22.5 Å². The molecule has 1 aliphatic heterocycles. The van der Waals surface area contributed by atoms with Crippen LogP contribution in [0.5, 0.6) is 0 Å². The van der Waals surface area contributed by atoms with Gasteiger partial charge in [-0.3, -0.25) is 14.9 Å². The van der Waals surface area contributed by atoms with Gasteiger partial charge in [-0.05, 0) is 37.3 Å². The summed E-state index contributed by atoms with van der Waals surface area (Å²) in [6.45, 7) is 3.09. The summed E-state index contributed by atoms with van der Waals surface area (Å²) in [5, 5.41) is 21.3. The highest BCUT2D eigenvalue weighted by Gasteiger charge is 2.25. The minimum Gasteiger partial charge on any atom is -0.393 e. The molecule has 1 unspecified atom stereocenters. The largest absolute Gasteiger partial charge is 0.393 e. The van der Waals surface area contributed by atoms with Crippen LogP contribution in [0.1, 0.15) is 25.3 Å². The first-order valence-corrected chi connectivity index (χ1v) is 8.16. The number of hydrogen-bond acceptors (Lipinski definition) is 4. The number of aliphatic hydroxyl groups excluding tert-OH is 1. The predicted molar refractivity (Wildman–Crippen MR) is 89.6 cm³/mol. The van der Waals surface area contributed by atoms with E-state index in [2.05, 4.69) is 4.98 Å². The molecule has 0 aliphatic carbocycles. The summed E-state index contributed by atoms with van der Waals surface area (Å²) in [6.07, 6.45) is 3.25. The predicted octanol–water partition coefficient (Wildman–Crippen LogP) is 2.24. The van der Waals surface area contributed by atoms with Gasteiger partial charge in [-0.25, -0.2) is 0 Å². The molecule has 7 nitrogen and oxygen atoms in total. The number of rotatable bonds is 4. The number of nitro groups is 1. The Morgan fingerprint density at radius 2 is 2.17 bits per heavy atom. The summed E-state index contributed by atoms with van der Waals surface area (Å²) in [5.41, 5.74) is 1.58. The molecule has 0 bridgehead atoms. The standard InChI is InChI=1S/C17H21N3O4/c1-11(21)12-4-6-19(7-5-12)17(22)8-13-10-18-16-3-2-14(20(23)24)9-15(13)16/h2-3,9-12,18,21H,4-8H2,1H3. The topological polar surface area (TPSA) is 99.5 Å². The van der Waals surface area contributed by atoms with Crippen LogP contribution < -0.4 is 0 Å². The Kier molecular flexibility index (Phi) is 4.53. The van der Waals surface area contributed by atoms with Crippen molar-refractivity contribution in [1.82, 2.24) is 9.88 Å². The second-order valence-corrected chi connectivity index (χ2v) is 6.44. The molecule has 1 aliphatic rings. The van der Waals surface area contributed by atoms with Crippen LogP contribution in [0.4, 0.5) is 5.69 Å². The van der Waals surface area contributed by atoms with E-state index in [-0.39, 0.29) is 30.0 Å². The second-order valence-electron chi connectivity index (χ2n) is 6.44. The minimum absolute atomic E-state index is 0.0199. The van der Waals surface area contributed by atoms with E-state index in [9.17, 15) is 20.0 Å². The lowest BCUT2D eigenvalue weighted by Gasteiger charge is -2.33. The van der Waals surface area contributed by atoms with Crippen LogP contribution in [0.3, 0.4) is 0 Å². The Morgan fingerprint density at radius 1 is 1.46 bits per heavy atom. The number of benzene rings is 1. The number of aliphatic hydroxyl groups is 1. The van der Waals surface area contributed by atoms with Crippen molar-refractivity contribution in [3.63, 3.8) is 0 Å². The Labute approximate surface area is 139 Å². The molecule has 1 aromatic carbocycles. The summed E-state index contributed by atoms with van der Waals surface area (Å²) >= 11 is 0. The number of amides is 1. The SMILES string of the molecule is CC(O)C1CCN(C(=O)Cc2c[nH]c3ccc([N+](=O)[O-])cc23)CC1. The van der Waals surface area contributed by atoms with Gasteiger partial charge in [-0.15, -0.1) is 0 Å². The third-order valence-electron chi connectivity index (χ3n) is 4.88. The third-order valence-corrected chi connectivity index (χ3v) is 4.88. The summed E-state index contributed by atoms with van der Waals surface area (Å²) < 4.78 is 0. The molecule has 1 fully saturated rings. The van der Waals surface area contributed by atoms with Gasteiger partial charge in [0.05, 0.1) is 17.4 Å². The number of H-pyrrole nitrogens is 1. The average Bonchev–Trinajstić information content (AvgIpc) is 2.97. The van der Waals surface area contributed by atoms with Crippen LogP contribution in [0.25, 0.3) is 10.9 Å². The quantitative estimate of drug-likeness (QED) is 0.663. The van der Waals surface area contributed by atoms with E-state index < -0.39 is 4.92 Å². The molecule has 2 heterocycles. The molecule has 3 rings (SSSR count). The number of nitro benzene ring substituents is 1. The smallest absolute Gasteiger partial charge is 0.270 e. The van der Waals surface area contributed by atoms with Gasteiger partial charge in [-0.2, -0.15) is 0 Å². The van der Waals surface area contributed by atoms with Crippen LogP contribution in [0, 0.1) is 16.0 Å². The van der Waals surface area contributed by atoms with Crippen LogP contribution in [0.2, 0.25) is 0 Å². The van der Waals surface area contributed by atoms with Crippen LogP contribution in [-0.2, 0) is 11.2 Å². The Bertz CT molecular complexity index is 760. The van der Waals surface area contributed by atoms with E-state index in [4.69, 9.17) is 0 Å². The van der Waals surface area contributed by atoms with Gasteiger partial charge >= 0.3 is 0 Å². The van der Waals surface area contributed by atoms with Gasteiger partial charge in [0.15, 0.2) is 0 Å². The number of likely N-dealkylation sites (tertiary alicyclic amines) is 1. The van der Waals surface area contributed by atoms with E-state index in [1.807, 2.05) is 4.90 Å². The number of piperidine rings is 1.